The molecule has 0 saturated carbocycles. The Morgan fingerprint density at radius 2 is 2.00 bits per heavy atom. The van der Waals surface area contributed by atoms with Crippen LogP contribution in [0.5, 0.6) is 0 Å². The standard InChI is InChI=1S/C7H15NO3/c1-7(2,3)11-6(9)4-10-5-8/h4-5,8H2,1-3H3. The molecule has 0 fully saturated rings. The molecule has 66 valence electrons. The summed E-state index contributed by atoms with van der Waals surface area (Å²) in [6.07, 6.45) is 0. The first kappa shape index (κ1) is 10.4. The Bertz CT molecular complexity index is 128. The van der Waals surface area contributed by atoms with Gasteiger partial charge >= 0.3 is 5.97 Å². The molecule has 11 heavy (non-hydrogen) atoms. The van der Waals surface area contributed by atoms with Gasteiger partial charge in [0.25, 0.3) is 0 Å². The lowest BCUT2D eigenvalue weighted by Crippen LogP contribution is -2.27. The van der Waals surface area contributed by atoms with Crippen LogP contribution in [0.1, 0.15) is 20.8 Å². The number of nitrogens with two attached hydrogens (primary N) is 1. The Balaban J connectivity index is 3.53. The van der Waals surface area contributed by atoms with E-state index in [9.17, 15) is 4.79 Å². The van der Waals surface area contributed by atoms with E-state index >= 15 is 0 Å². The Morgan fingerprint density at radius 3 is 2.36 bits per heavy atom. The van der Waals surface area contributed by atoms with Crippen LogP contribution in [0, 0.1) is 0 Å². The fraction of sp³-hybridized carbons (Fsp3) is 0.857. The second-order valence-corrected chi connectivity index (χ2v) is 3.10. The van der Waals surface area contributed by atoms with Crippen molar-refractivity contribution in [3.05, 3.63) is 0 Å². The molecule has 0 saturated heterocycles. The molecule has 0 rings (SSSR count). The molecule has 0 aromatic rings. The Hall–Kier alpha value is -0.610. The molecule has 0 aliphatic carbocycles. The molecule has 0 aliphatic heterocycles. The fourth-order valence-corrected chi connectivity index (χ4v) is 0.513. The number of hydrogen-bond acceptors (Lipinski definition) is 4. The second-order valence-electron chi connectivity index (χ2n) is 3.10. The van der Waals surface area contributed by atoms with Gasteiger partial charge in [-0.1, -0.05) is 0 Å². The van der Waals surface area contributed by atoms with Crippen molar-refractivity contribution < 1.29 is 14.3 Å². The second kappa shape index (κ2) is 4.31. The minimum Gasteiger partial charge on any atom is -0.458 e. The molecule has 0 radical (unpaired) electrons. The smallest absolute Gasteiger partial charge is 0.332 e. The average Bonchev–Trinajstić information content (AvgIpc) is 1.79. The predicted octanol–water partition coefficient (Wildman–Crippen LogP) is 0.261. The third-order valence-electron chi connectivity index (χ3n) is 0.758. The van der Waals surface area contributed by atoms with Gasteiger partial charge in [0.15, 0.2) is 0 Å². The zero-order valence-corrected chi connectivity index (χ0v) is 7.22. The van der Waals surface area contributed by atoms with Gasteiger partial charge in [0.05, 0.1) is 6.73 Å². The summed E-state index contributed by atoms with van der Waals surface area (Å²) in [6.45, 7) is 5.36. The summed E-state index contributed by atoms with van der Waals surface area (Å²) in [5.74, 6) is -0.386. The van der Waals surface area contributed by atoms with Gasteiger partial charge in [0.2, 0.25) is 0 Å². The monoisotopic (exact) mass is 161 g/mol. The highest BCUT2D eigenvalue weighted by atomic mass is 16.6. The molecule has 0 aliphatic rings. The van der Waals surface area contributed by atoms with Crippen LogP contribution >= 0.6 is 0 Å². The van der Waals surface area contributed by atoms with E-state index in [1.807, 2.05) is 0 Å². The zero-order valence-electron chi connectivity index (χ0n) is 7.22. The summed E-state index contributed by atoms with van der Waals surface area (Å²) < 4.78 is 9.56. The van der Waals surface area contributed by atoms with Gasteiger partial charge in [0, 0.05) is 0 Å². The van der Waals surface area contributed by atoms with Crippen molar-refractivity contribution in [1.29, 1.82) is 0 Å². The minimum atomic E-state index is -0.449. The van der Waals surface area contributed by atoms with Gasteiger partial charge in [-0.05, 0) is 20.8 Å². The van der Waals surface area contributed by atoms with Crippen molar-refractivity contribution in [2.24, 2.45) is 5.73 Å². The van der Waals surface area contributed by atoms with E-state index in [1.54, 1.807) is 20.8 Å². The molecule has 0 unspecified atom stereocenters. The van der Waals surface area contributed by atoms with Crippen LogP contribution in [0.25, 0.3) is 0 Å². The summed E-state index contributed by atoms with van der Waals surface area (Å²) in [6, 6.07) is 0. The van der Waals surface area contributed by atoms with E-state index in [2.05, 4.69) is 4.74 Å². The molecular weight excluding hydrogens is 146 g/mol. The van der Waals surface area contributed by atoms with Crippen molar-refractivity contribution in [3.8, 4) is 0 Å². The molecule has 0 aromatic carbocycles. The van der Waals surface area contributed by atoms with Crippen LogP contribution in [0.15, 0.2) is 0 Å². The largest absolute Gasteiger partial charge is 0.458 e. The lowest BCUT2D eigenvalue weighted by molar-refractivity contribution is -0.160. The van der Waals surface area contributed by atoms with E-state index in [0.29, 0.717) is 0 Å². The van der Waals surface area contributed by atoms with Gasteiger partial charge in [-0.15, -0.1) is 0 Å². The number of hydrogen-bond donors (Lipinski definition) is 1. The molecule has 0 spiro atoms. The highest BCUT2D eigenvalue weighted by molar-refractivity contribution is 5.71. The molecule has 4 nitrogen and oxygen atoms in total. The van der Waals surface area contributed by atoms with Gasteiger partial charge in [-0.2, -0.15) is 0 Å². The van der Waals surface area contributed by atoms with Crippen molar-refractivity contribution in [2.45, 2.75) is 26.4 Å². The molecule has 0 heterocycles. The molecular formula is C7H15NO3. The fourth-order valence-electron chi connectivity index (χ4n) is 0.513. The third kappa shape index (κ3) is 7.29. The van der Waals surface area contributed by atoms with Gasteiger partial charge in [0.1, 0.15) is 12.2 Å². The SMILES string of the molecule is CC(C)(C)OC(=O)COCN. The molecule has 0 bridgehead atoms. The van der Waals surface area contributed by atoms with Crippen molar-refractivity contribution in [1.82, 2.24) is 0 Å². The van der Waals surface area contributed by atoms with E-state index in [1.165, 1.54) is 0 Å². The van der Waals surface area contributed by atoms with Gasteiger partial charge in [-0.25, -0.2) is 4.79 Å². The van der Waals surface area contributed by atoms with E-state index in [-0.39, 0.29) is 19.3 Å². The Morgan fingerprint density at radius 1 is 1.45 bits per heavy atom. The molecule has 0 atom stereocenters. The van der Waals surface area contributed by atoms with Crippen LogP contribution in [0.2, 0.25) is 0 Å². The lowest BCUT2D eigenvalue weighted by Gasteiger charge is -2.19. The maximum atomic E-state index is 10.8. The van der Waals surface area contributed by atoms with Crippen molar-refractivity contribution >= 4 is 5.97 Å². The maximum Gasteiger partial charge on any atom is 0.332 e. The summed E-state index contributed by atoms with van der Waals surface area (Å²) in [7, 11) is 0. The van der Waals surface area contributed by atoms with Crippen LogP contribution in [-0.2, 0) is 14.3 Å². The maximum absolute atomic E-state index is 10.8. The van der Waals surface area contributed by atoms with Crippen LogP contribution in [-0.4, -0.2) is 24.9 Å². The van der Waals surface area contributed by atoms with Gasteiger partial charge < -0.3 is 15.2 Å². The van der Waals surface area contributed by atoms with Crippen molar-refractivity contribution in [3.63, 3.8) is 0 Å². The van der Waals surface area contributed by atoms with E-state index < -0.39 is 5.60 Å². The van der Waals surface area contributed by atoms with Crippen LogP contribution < -0.4 is 5.73 Å². The highest BCUT2D eigenvalue weighted by Gasteiger charge is 2.15. The number of esters is 1. The minimum absolute atomic E-state index is 0.0409. The Kier molecular flexibility index (Phi) is 4.07. The lowest BCUT2D eigenvalue weighted by atomic mass is 10.2. The summed E-state index contributed by atoms with van der Waals surface area (Å²) >= 11 is 0. The number of ether oxygens (including phenoxy) is 2. The first-order valence-electron chi connectivity index (χ1n) is 3.45. The quantitative estimate of drug-likeness (QED) is 0.476. The van der Waals surface area contributed by atoms with Gasteiger partial charge in [-0.3, -0.25) is 0 Å². The molecule has 0 aromatic heterocycles. The summed E-state index contributed by atoms with van der Waals surface area (Å²) in [5, 5.41) is 0. The molecule has 4 heteroatoms. The van der Waals surface area contributed by atoms with Crippen LogP contribution in [0.4, 0.5) is 0 Å². The topological polar surface area (TPSA) is 61.5 Å². The van der Waals surface area contributed by atoms with E-state index in [0.717, 1.165) is 0 Å². The Labute approximate surface area is 66.7 Å². The average molecular weight is 161 g/mol. The number of carbonyl (C=O) groups is 1. The summed E-state index contributed by atoms with van der Waals surface area (Å²) in [4.78, 5) is 10.8. The normalized spacial score (nSPS) is 11.3. The predicted molar refractivity (Wildman–Crippen MR) is 40.9 cm³/mol. The molecule has 0 amide bonds. The third-order valence-corrected chi connectivity index (χ3v) is 0.758. The van der Waals surface area contributed by atoms with Crippen molar-refractivity contribution in [2.75, 3.05) is 13.3 Å². The van der Waals surface area contributed by atoms with Crippen LogP contribution in [0.3, 0.4) is 0 Å². The molecule has 2 N–H and O–H groups in total. The first-order valence-corrected chi connectivity index (χ1v) is 3.45. The first-order chi connectivity index (χ1) is 4.95. The summed E-state index contributed by atoms with van der Waals surface area (Å²) in [5.41, 5.74) is 4.56. The highest BCUT2D eigenvalue weighted by Crippen LogP contribution is 2.06. The zero-order chi connectivity index (χ0) is 8.91. The number of carbonyl (C=O) groups excluding carboxylic acids is 1. The van der Waals surface area contributed by atoms with E-state index in [4.69, 9.17) is 10.5 Å². The number of rotatable bonds is 3.